The third kappa shape index (κ3) is 5.94. The second-order valence-electron chi connectivity index (χ2n) is 7.68. The highest BCUT2D eigenvalue weighted by atomic mass is 35.5. The molecule has 0 aliphatic rings. The average Bonchev–Trinajstić information content (AvgIpc) is 2.87. The number of benzene rings is 4. The highest BCUT2D eigenvalue weighted by molar-refractivity contribution is 6.30. The molecule has 0 fully saturated rings. The zero-order chi connectivity index (χ0) is 23.8. The van der Waals surface area contributed by atoms with Gasteiger partial charge in [-0.2, -0.15) is 5.10 Å². The molecule has 4 aromatic carbocycles. The van der Waals surface area contributed by atoms with Crippen LogP contribution in [0.1, 0.15) is 34.8 Å². The fraction of sp³-hybridized carbons (Fsp3) is 0.143. The Balaban J connectivity index is 1.43. The zero-order valence-corrected chi connectivity index (χ0v) is 19.6. The van der Waals surface area contributed by atoms with Crippen LogP contribution in [0, 0.1) is 0 Å². The number of ether oxygens (including phenoxy) is 2. The van der Waals surface area contributed by atoms with E-state index in [2.05, 4.69) is 28.7 Å². The molecular formula is C28H25ClN2O3. The molecule has 1 amide bonds. The van der Waals surface area contributed by atoms with Crippen molar-refractivity contribution in [1.29, 1.82) is 0 Å². The number of rotatable bonds is 9. The molecule has 5 nitrogen and oxygen atoms in total. The third-order valence-electron chi connectivity index (χ3n) is 5.19. The molecule has 0 saturated carbocycles. The van der Waals surface area contributed by atoms with Crippen molar-refractivity contribution in [3.63, 3.8) is 0 Å². The van der Waals surface area contributed by atoms with Gasteiger partial charge in [-0.25, -0.2) is 5.43 Å². The Bertz CT molecular complexity index is 1300. The number of fused-ring (bicyclic) bond motifs is 1. The highest BCUT2D eigenvalue weighted by Crippen LogP contribution is 2.25. The van der Waals surface area contributed by atoms with Crippen molar-refractivity contribution >= 4 is 34.5 Å². The van der Waals surface area contributed by atoms with Gasteiger partial charge >= 0.3 is 0 Å². The van der Waals surface area contributed by atoms with Crippen LogP contribution in [0.25, 0.3) is 10.8 Å². The standard InChI is InChI=1S/C28H25ClN2O3/c1-2-16-33-25-13-10-21(11-14-25)28(32)31-30-18-23-17-24(29)12-15-27(23)34-19-22-8-5-7-20-6-3-4-9-26(20)22/h3-15,17-18H,2,16,19H2,1H3,(H,31,32)/b30-18-. The lowest BCUT2D eigenvalue weighted by Crippen LogP contribution is -2.17. The fourth-order valence-corrected chi connectivity index (χ4v) is 3.65. The maximum Gasteiger partial charge on any atom is 0.271 e. The summed E-state index contributed by atoms with van der Waals surface area (Å²) in [6, 6.07) is 26.6. The summed E-state index contributed by atoms with van der Waals surface area (Å²) in [6.07, 6.45) is 2.45. The molecule has 4 aromatic rings. The van der Waals surface area contributed by atoms with E-state index in [1.54, 1.807) is 42.5 Å². The Labute approximate surface area is 204 Å². The van der Waals surface area contributed by atoms with E-state index in [4.69, 9.17) is 21.1 Å². The summed E-state index contributed by atoms with van der Waals surface area (Å²) in [4.78, 5) is 12.4. The lowest BCUT2D eigenvalue weighted by molar-refractivity contribution is 0.0955. The van der Waals surface area contributed by atoms with Crippen LogP contribution in [-0.2, 0) is 6.61 Å². The first-order chi connectivity index (χ1) is 16.6. The molecule has 0 radical (unpaired) electrons. The topological polar surface area (TPSA) is 59.9 Å². The molecule has 34 heavy (non-hydrogen) atoms. The number of hydrogen-bond acceptors (Lipinski definition) is 4. The van der Waals surface area contributed by atoms with Gasteiger partial charge in [0.25, 0.3) is 5.91 Å². The number of carbonyl (C=O) groups excluding carboxylic acids is 1. The van der Waals surface area contributed by atoms with E-state index in [-0.39, 0.29) is 5.91 Å². The van der Waals surface area contributed by atoms with E-state index in [9.17, 15) is 4.79 Å². The quantitative estimate of drug-likeness (QED) is 0.220. The van der Waals surface area contributed by atoms with Crippen LogP contribution in [0.4, 0.5) is 0 Å². The summed E-state index contributed by atoms with van der Waals surface area (Å²) >= 11 is 6.18. The molecule has 0 aliphatic carbocycles. The van der Waals surface area contributed by atoms with Crippen molar-refractivity contribution in [2.75, 3.05) is 6.61 Å². The van der Waals surface area contributed by atoms with Crippen LogP contribution in [0.5, 0.6) is 11.5 Å². The Hall–Kier alpha value is -3.83. The van der Waals surface area contributed by atoms with E-state index in [0.717, 1.165) is 28.5 Å². The lowest BCUT2D eigenvalue weighted by Gasteiger charge is -2.11. The molecule has 0 saturated heterocycles. The summed E-state index contributed by atoms with van der Waals surface area (Å²) in [5, 5.41) is 6.96. The number of nitrogens with zero attached hydrogens (tertiary/aromatic N) is 1. The van der Waals surface area contributed by atoms with Crippen molar-refractivity contribution in [3.05, 3.63) is 107 Å². The van der Waals surface area contributed by atoms with Crippen LogP contribution < -0.4 is 14.9 Å². The number of carbonyl (C=O) groups is 1. The van der Waals surface area contributed by atoms with Gasteiger partial charge in [0.05, 0.1) is 12.8 Å². The largest absolute Gasteiger partial charge is 0.494 e. The normalized spacial score (nSPS) is 11.0. The number of nitrogens with one attached hydrogen (secondary N) is 1. The summed E-state index contributed by atoms with van der Waals surface area (Å²) in [5.74, 6) is 1.03. The first-order valence-corrected chi connectivity index (χ1v) is 11.5. The second kappa shape index (κ2) is 11.3. The maximum atomic E-state index is 12.4. The van der Waals surface area contributed by atoms with Gasteiger partial charge in [-0.15, -0.1) is 0 Å². The Morgan fingerprint density at radius 1 is 0.971 bits per heavy atom. The minimum atomic E-state index is -0.321. The fourth-order valence-electron chi connectivity index (χ4n) is 3.47. The molecular weight excluding hydrogens is 448 g/mol. The monoisotopic (exact) mass is 472 g/mol. The van der Waals surface area contributed by atoms with Gasteiger partial charge in [0.15, 0.2) is 0 Å². The first kappa shape index (κ1) is 23.3. The molecule has 0 atom stereocenters. The summed E-state index contributed by atoms with van der Waals surface area (Å²) < 4.78 is 11.6. The van der Waals surface area contributed by atoms with E-state index < -0.39 is 0 Å². The molecule has 172 valence electrons. The highest BCUT2D eigenvalue weighted by Gasteiger charge is 2.08. The SMILES string of the molecule is CCCOc1ccc(C(=O)N/N=C\c2cc(Cl)ccc2OCc2cccc3ccccc23)cc1. The van der Waals surface area contributed by atoms with Gasteiger partial charge in [0.1, 0.15) is 18.1 Å². The Morgan fingerprint density at radius 3 is 2.59 bits per heavy atom. The number of halogens is 1. The lowest BCUT2D eigenvalue weighted by atomic mass is 10.1. The number of amides is 1. The average molecular weight is 473 g/mol. The second-order valence-corrected chi connectivity index (χ2v) is 8.12. The van der Waals surface area contributed by atoms with Gasteiger partial charge < -0.3 is 9.47 Å². The predicted molar refractivity (Wildman–Crippen MR) is 137 cm³/mol. The van der Waals surface area contributed by atoms with Gasteiger partial charge in [-0.05, 0) is 65.2 Å². The van der Waals surface area contributed by atoms with E-state index in [1.165, 1.54) is 6.21 Å². The van der Waals surface area contributed by atoms with Gasteiger partial charge in [0, 0.05) is 16.1 Å². The first-order valence-electron chi connectivity index (χ1n) is 11.1. The zero-order valence-electron chi connectivity index (χ0n) is 18.8. The van der Waals surface area contributed by atoms with Crippen molar-refractivity contribution in [2.24, 2.45) is 5.10 Å². The summed E-state index contributed by atoms with van der Waals surface area (Å²) in [5.41, 5.74) is 4.77. The van der Waals surface area contributed by atoms with Crippen LogP contribution in [-0.4, -0.2) is 18.7 Å². The van der Waals surface area contributed by atoms with Gasteiger partial charge in [0.2, 0.25) is 0 Å². The van der Waals surface area contributed by atoms with Crippen molar-refractivity contribution in [2.45, 2.75) is 20.0 Å². The number of hydrogen-bond donors (Lipinski definition) is 1. The Kier molecular flexibility index (Phi) is 7.79. The van der Waals surface area contributed by atoms with Crippen molar-refractivity contribution in [3.8, 4) is 11.5 Å². The third-order valence-corrected chi connectivity index (χ3v) is 5.43. The van der Waals surface area contributed by atoms with E-state index in [1.807, 2.05) is 31.2 Å². The summed E-state index contributed by atoms with van der Waals surface area (Å²) in [6.45, 7) is 3.07. The van der Waals surface area contributed by atoms with Gasteiger partial charge in [-0.3, -0.25) is 4.79 Å². The molecule has 0 aliphatic heterocycles. The molecule has 0 aromatic heterocycles. The predicted octanol–water partition coefficient (Wildman–Crippen LogP) is 6.62. The van der Waals surface area contributed by atoms with E-state index >= 15 is 0 Å². The van der Waals surface area contributed by atoms with Crippen LogP contribution in [0.2, 0.25) is 5.02 Å². The molecule has 0 heterocycles. The molecule has 6 heteroatoms. The van der Waals surface area contributed by atoms with Crippen LogP contribution in [0.15, 0.2) is 90.0 Å². The molecule has 0 unspecified atom stereocenters. The van der Waals surface area contributed by atoms with Crippen LogP contribution in [0.3, 0.4) is 0 Å². The minimum absolute atomic E-state index is 0.321. The van der Waals surface area contributed by atoms with E-state index in [0.29, 0.717) is 35.1 Å². The molecule has 1 N–H and O–H groups in total. The smallest absolute Gasteiger partial charge is 0.271 e. The van der Waals surface area contributed by atoms with Gasteiger partial charge in [-0.1, -0.05) is 61.0 Å². The van der Waals surface area contributed by atoms with Crippen molar-refractivity contribution in [1.82, 2.24) is 5.43 Å². The van der Waals surface area contributed by atoms with Crippen LogP contribution >= 0.6 is 11.6 Å². The van der Waals surface area contributed by atoms with Crippen molar-refractivity contribution < 1.29 is 14.3 Å². The Morgan fingerprint density at radius 2 is 1.76 bits per heavy atom. The minimum Gasteiger partial charge on any atom is -0.494 e. The molecule has 0 bridgehead atoms. The molecule has 4 rings (SSSR count). The summed E-state index contributed by atoms with van der Waals surface area (Å²) in [7, 11) is 0. The molecule has 0 spiro atoms. The maximum absolute atomic E-state index is 12.4. The number of hydrazone groups is 1.